The number of ether oxygens (including phenoxy) is 1. The number of hydrogen-bond acceptors (Lipinski definition) is 5. The fourth-order valence-electron chi connectivity index (χ4n) is 3.37. The lowest BCUT2D eigenvalue weighted by atomic mass is 10.1. The predicted molar refractivity (Wildman–Crippen MR) is 132 cm³/mol. The average molecular weight is 446 g/mol. The first-order chi connectivity index (χ1) is 15.5. The SMILES string of the molecule is CCc1ccc2nc(N(CCN(C)C)C(=O)c3ccccc3Oc3ccccc3)sc2c1. The number of amides is 1. The minimum absolute atomic E-state index is 0.117. The van der Waals surface area contributed by atoms with E-state index in [9.17, 15) is 4.79 Å². The number of fused-ring (bicyclic) bond motifs is 1. The van der Waals surface area contributed by atoms with Gasteiger partial charge in [0.2, 0.25) is 0 Å². The van der Waals surface area contributed by atoms with E-state index in [-0.39, 0.29) is 5.91 Å². The number of aryl methyl sites for hydroxylation is 1. The summed E-state index contributed by atoms with van der Waals surface area (Å²) in [7, 11) is 4.00. The van der Waals surface area contributed by atoms with Gasteiger partial charge in [-0.05, 0) is 62.5 Å². The summed E-state index contributed by atoms with van der Waals surface area (Å²) in [6.07, 6.45) is 0.969. The molecule has 0 unspecified atom stereocenters. The minimum Gasteiger partial charge on any atom is -0.457 e. The highest BCUT2D eigenvalue weighted by molar-refractivity contribution is 7.22. The predicted octanol–water partition coefficient (Wildman–Crippen LogP) is 5.86. The third-order valence-corrected chi connectivity index (χ3v) is 6.23. The molecule has 0 saturated carbocycles. The molecule has 4 rings (SSSR count). The molecule has 1 heterocycles. The zero-order valence-electron chi connectivity index (χ0n) is 18.6. The average Bonchev–Trinajstić information content (AvgIpc) is 3.22. The molecule has 5 nitrogen and oxygen atoms in total. The maximum absolute atomic E-state index is 13.8. The lowest BCUT2D eigenvalue weighted by Crippen LogP contribution is -2.36. The smallest absolute Gasteiger partial charge is 0.263 e. The van der Waals surface area contributed by atoms with Gasteiger partial charge in [-0.3, -0.25) is 9.69 Å². The summed E-state index contributed by atoms with van der Waals surface area (Å²) < 4.78 is 7.15. The van der Waals surface area contributed by atoms with Crippen LogP contribution in [0.25, 0.3) is 10.2 Å². The molecule has 0 aliphatic carbocycles. The van der Waals surface area contributed by atoms with E-state index in [2.05, 4.69) is 24.0 Å². The van der Waals surface area contributed by atoms with E-state index in [0.717, 1.165) is 23.2 Å². The van der Waals surface area contributed by atoms with Crippen molar-refractivity contribution in [2.45, 2.75) is 13.3 Å². The van der Waals surface area contributed by atoms with Gasteiger partial charge in [-0.25, -0.2) is 4.98 Å². The van der Waals surface area contributed by atoms with Crippen LogP contribution >= 0.6 is 11.3 Å². The second kappa shape index (κ2) is 9.94. The Hall–Kier alpha value is -3.22. The van der Waals surface area contributed by atoms with E-state index in [1.54, 1.807) is 16.2 Å². The fraction of sp³-hybridized carbons (Fsp3) is 0.231. The van der Waals surface area contributed by atoms with Gasteiger partial charge in [-0.1, -0.05) is 54.7 Å². The van der Waals surface area contributed by atoms with Crippen LogP contribution in [0, 0.1) is 0 Å². The molecule has 0 bridgehead atoms. The standard InChI is InChI=1S/C26H27N3O2S/c1-4-19-14-15-22-24(18-19)32-26(27-22)29(17-16-28(2)3)25(30)21-12-8-9-13-23(21)31-20-10-6-5-7-11-20/h5-15,18H,4,16-17H2,1-3H3. The van der Waals surface area contributed by atoms with Crippen LogP contribution in [-0.4, -0.2) is 43.0 Å². The highest BCUT2D eigenvalue weighted by Gasteiger charge is 2.24. The number of carbonyl (C=O) groups is 1. The molecule has 6 heteroatoms. The van der Waals surface area contributed by atoms with E-state index in [0.29, 0.717) is 28.7 Å². The first-order valence-corrected chi connectivity index (χ1v) is 11.5. The van der Waals surface area contributed by atoms with Crippen LogP contribution in [0.5, 0.6) is 11.5 Å². The van der Waals surface area contributed by atoms with Crippen molar-refractivity contribution >= 4 is 32.6 Å². The van der Waals surface area contributed by atoms with E-state index in [1.165, 1.54) is 5.56 Å². The number of rotatable bonds is 8. The summed E-state index contributed by atoms with van der Waals surface area (Å²) in [5.74, 6) is 1.11. The number of likely N-dealkylation sites (N-methyl/N-ethyl adjacent to an activating group) is 1. The van der Waals surface area contributed by atoms with Crippen molar-refractivity contribution in [1.82, 2.24) is 9.88 Å². The number of carbonyl (C=O) groups excluding carboxylic acids is 1. The lowest BCUT2D eigenvalue weighted by Gasteiger charge is -2.23. The first kappa shape index (κ1) is 22.0. The van der Waals surface area contributed by atoms with Gasteiger partial charge in [-0.15, -0.1) is 0 Å². The van der Waals surface area contributed by atoms with Crippen LogP contribution in [0.2, 0.25) is 0 Å². The molecule has 0 spiro atoms. The van der Waals surface area contributed by atoms with Gasteiger partial charge in [0.1, 0.15) is 11.5 Å². The van der Waals surface area contributed by atoms with Gasteiger partial charge in [0.25, 0.3) is 5.91 Å². The molecule has 1 amide bonds. The Kier molecular flexibility index (Phi) is 6.83. The third kappa shape index (κ3) is 4.98. The van der Waals surface area contributed by atoms with Crippen molar-refractivity contribution in [1.29, 1.82) is 0 Å². The first-order valence-electron chi connectivity index (χ1n) is 10.7. The van der Waals surface area contributed by atoms with Gasteiger partial charge < -0.3 is 9.64 Å². The van der Waals surface area contributed by atoms with Crippen LogP contribution in [0.15, 0.2) is 72.8 Å². The van der Waals surface area contributed by atoms with Gasteiger partial charge in [0, 0.05) is 13.1 Å². The van der Waals surface area contributed by atoms with Crippen LogP contribution in [0.3, 0.4) is 0 Å². The number of thiazole rings is 1. The molecule has 0 atom stereocenters. The van der Waals surface area contributed by atoms with Crippen LogP contribution in [0.1, 0.15) is 22.8 Å². The molecule has 32 heavy (non-hydrogen) atoms. The zero-order valence-corrected chi connectivity index (χ0v) is 19.4. The molecule has 0 radical (unpaired) electrons. The van der Waals surface area contributed by atoms with Crippen molar-refractivity contribution < 1.29 is 9.53 Å². The Morgan fingerprint density at radius 1 is 0.969 bits per heavy atom. The molecule has 0 saturated heterocycles. The molecule has 0 aliphatic rings. The number of para-hydroxylation sites is 2. The maximum Gasteiger partial charge on any atom is 0.263 e. The second-order valence-electron chi connectivity index (χ2n) is 7.82. The summed E-state index contributed by atoms with van der Waals surface area (Å²) in [5.41, 5.74) is 2.70. The number of nitrogens with zero attached hydrogens (tertiary/aromatic N) is 3. The quantitative estimate of drug-likeness (QED) is 0.341. The van der Waals surface area contributed by atoms with Crippen LogP contribution < -0.4 is 9.64 Å². The molecular weight excluding hydrogens is 418 g/mol. The lowest BCUT2D eigenvalue weighted by molar-refractivity contribution is 0.0983. The Morgan fingerprint density at radius 3 is 2.47 bits per heavy atom. The maximum atomic E-state index is 13.8. The zero-order chi connectivity index (χ0) is 22.5. The molecule has 0 N–H and O–H groups in total. The molecular formula is C26H27N3O2S. The third-order valence-electron chi connectivity index (χ3n) is 5.19. The largest absolute Gasteiger partial charge is 0.457 e. The van der Waals surface area contributed by atoms with Crippen molar-refractivity contribution in [2.75, 3.05) is 32.1 Å². The highest BCUT2D eigenvalue weighted by atomic mass is 32.1. The number of anilines is 1. The van der Waals surface area contributed by atoms with Crippen LogP contribution in [0.4, 0.5) is 5.13 Å². The van der Waals surface area contributed by atoms with E-state index in [1.807, 2.05) is 74.8 Å². The Balaban J connectivity index is 1.70. The van der Waals surface area contributed by atoms with E-state index in [4.69, 9.17) is 9.72 Å². The topological polar surface area (TPSA) is 45.7 Å². The van der Waals surface area contributed by atoms with Gasteiger partial charge in [0.05, 0.1) is 15.8 Å². The summed E-state index contributed by atoms with van der Waals surface area (Å²) in [5, 5.41) is 0.703. The van der Waals surface area contributed by atoms with Crippen molar-refractivity contribution in [3.63, 3.8) is 0 Å². The second-order valence-corrected chi connectivity index (χ2v) is 8.83. The van der Waals surface area contributed by atoms with Crippen molar-refractivity contribution in [2.24, 2.45) is 0 Å². The van der Waals surface area contributed by atoms with E-state index >= 15 is 0 Å². The van der Waals surface area contributed by atoms with Gasteiger partial charge in [-0.2, -0.15) is 0 Å². The summed E-state index contributed by atoms with van der Waals surface area (Å²) in [6.45, 7) is 3.40. The minimum atomic E-state index is -0.117. The summed E-state index contributed by atoms with van der Waals surface area (Å²) in [4.78, 5) is 22.4. The summed E-state index contributed by atoms with van der Waals surface area (Å²) >= 11 is 1.55. The van der Waals surface area contributed by atoms with Crippen LogP contribution in [-0.2, 0) is 6.42 Å². The Bertz CT molecular complexity index is 1200. The monoisotopic (exact) mass is 445 g/mol. The molecule has 3 aromatic carbocycles. The fourth-order valence-corrected chi connectivity index (χ4v) is 4.42. The van der Waals surface area contributed by atoms with E-state index < -0.39 is 0 Å². The molecule has 4 aromatic rings. The van der Waals surface area contributed by atoms with Gasteiger partial charge >= 0.3 is 0 Å². The normalized spacial score (nSPS) is 11.1. The molecule has 1 aromatic heterocycles. The van der Waals surface area contributed by atoms with Crippen molar-refractivity contribution in [3.8, 4) is 11.5 Å². The van der Waals surface area contributed by atoms with Gasteiger partial charge in [0.15, 0.2) is 5.13 Å². The van der Waals surface area contributed by atoms with Crippen molar-refractivity contribution in [3.05, 3.63) is 83.9 Å². The highest BCUT2D eigenvalue weighted by Crippen LogP contribution is 2.32. The molecule has 0 fully saturated rings. The molecule has 0 aliphatic heterocycles. The summed E-state index contributed by atoms with van der Waals surface area (Å²) in [6, 6.07) is 23.2. The number of aromatic nitrogens is 1. The Morgan fingerprint density at radius 2 is 1.72 bits per heavy atom. The Labute approximate surface area is 192 Å². The molecule has 164 valence electrons. The number of hydrogen-bond donors (Lipinski definition) is 0. The number of benzene rings is 3.